The Hall–Kier alpha value is -4.81. The molecule has 5 aromatic rings. The lowest BCUT2D eigenvalue weighted by molar-refractivity contribution is -0.135. The Balaban J connectivity index is 0.980. The highest BCUT2D eigenvalue weighted by atomic mass is 28.3. The number of methoxy groups -OCH3 is 1. The number of imidazole rings is 2. The fraction of sp³-hybridized carbons (Fsp3) is 0.521. The molecule has 2 bridgehead atoms. The summed E-state index contributed by atoms with van der Waals surface area (Å²) in [7, 11) is 0.120. The second-order valence-corrected chi connectivity index (χ2v) is 24.9. The minimum Gasteiger partial charge on any atom is -0.453 e. The molecule has 12 heteroatoms. The third-order valence-corrected chi connectivity index (χ3v) is 15.5. The number of hydrogen-bond acceptors (Lipinski definition) is 7. The Labute approximate surface area is 355 Å². The molecule has 2 amide bonds. The second-order valence-electron chi connectivity index (χ2n) is 19.3. The first-order valence-corrected chi connectivity index (χ1v) is 26.1. The Kier molecular flexibility index (Phi) is 11.2. The molecule has 3 aliphatic carbocycles. The number of carbonyl (C=O) groups excluding carboxylic acids is 2. The van der Waals surface area contributed by atoms with Gasteiger partial charge < -0.3 is 29.2 Å². The maximum absolute atomic E-state index is 13.7. The SMILES string of the molecule is COC(=O)N[C@H](C(=O)N1CCC[C@H]1c1ncc(-c2ccc(-c3ccc(-c4ccc5nc(C6CCCC6)n(COCC[Si](C)(C)C)c5c4)c4c3C3CCC4C3)nc2)[nH]1)C(C)C. The summed E-state index contributed by atoms with van der Waals surface area (Å²) < 4.78 is 13.6. The van der Waals surface area contributed by atoms with Gasteiger partial charge in [0.25, 0.3) is 0 Å². The number of alkyl carbamates (subject to hydrolysis) is 1. The average molecular weight is 828 g/mol. The molecule has 2 saturated carbocycles. The molecule has 1 aliphatic heterocycles. The molecule has 60 heavy (non-hydrogen) atoms. The Morgan fingerprint density at radius 1 is 0.883 bits per heavy atom. The van der Waals surface area contributed by atoms with Crippen molar-refractivity contribution in [1.29, 1.82) is 0 Å². The minimum absolute atomic E-state index is 0.0912. The van der Waals surface area contributed by atoms with Gasteiger partial charge in [0.2, 0.25) is 5.91 Å². The Morgan fingerprint density at radius 2 is 1.63 bits per heavy atom. The van der Waals surface area contributed by atoms with Crippen molar-refractivity contribution in [1.82, 2.24) is 34.7 Å². The number of nitrogens with zero attached hydrogens (tertiary/aromatic N) is 5. The zero-order valence-corrected chi connectivity index (χ0v) is 37.2. The standard InChI is InChI=1S/C48H61N7O4Si/c1-29(2)44(53-48(57)58-3)47(56)54-21-9-12-40(54)45-50-27-39(51-45)34-16-19-37(49-26-34)36-18-17-35(42-32-13-14-33(24-32)43(36)42)31-15-20-38-41(25-31)55(28-59-22-23-60(4,5)6)46(52-38)30-10-7-8-11-30/h15-20,25-27,29-30,32-33,40,44H,7-14,21-24,28H2,1-6H3,(H,50,51)(H,53,57)/t32?,33?,40-,44-/m0/s1. The number of pyridine rings is 1. The summed E-state index contributed by atoms with van der Waals surface area (Å²) in [5.74, 6) is 3.36. The van der Waals surface area contributed by atoms with Gasteiger partial charge in [-0.1, -0.05) is 64.5 Å². The van der Waals surface area contributed by atoms with Crippen molar-refractivity contribution in [2.75, 3.05) is 20.3 Å². The van der Waals surface area contributed by atoms with E-state index in [1.807, 2.05) is 31.1 Å². The first kappa shape index (κ1) is 40.6. The minimum atomic E-state index is -1.19. The number of ether oxygens (including phenoxy) is 2. The summed E-state index contributed by atoms with van der Waals surface area (Å²) in [6.45, 7) is 13.1. The van der Waals surface area contributed by atoms with Crippen LogP contribution < -0.4 is 5.32 Å². The summed E-state index contributed by atoms with van der Waals surface area (Å²) in [5.41, 5.74) is 11.9. The molecule has 3 aromatic heterocycles. The number of nitrogens with one attached hydrogen (secondary N) is 2. The number of hydrogen-bond donors (Lipinski definition) is 2. The van der Waals surface area contributed by atoms with Crippen molar-refractivity contribution >= 4 is 31.1 Å². The first-order valence-electron chi connectivity index (χ1n) is 22.4. The van der Waals surface area contributed by atoms with Crippen molar-refractivity contribution in [2.24, 2.45) is 5.92 Å². The summed E-state index contributed by atoms with van der Waals surface area (Å²) in [6, 6.07) is 16.1. The number of carbonyl (C=O) groups is 2. The third-order valence-electron chi connectivity index (χ3n) is 13.8. The number of aromatic amines is 1. The molecular weight excluding hydrogens is 767 g/mol. The fourth-order valence-corrected chi connectivity index (χ4v) is 11.3. The van der Waals surface area contributed by atoms with Crippen LogP contribution in [-0.4, -0.2) is 75.8 Å². The molecular formula is C48H61N7O4Si. The average Bonchev–Trinajstić information content (AvgIpc) is 4.11. The van der Waals surface area contributed by atoms with Crippen molar-refractivity contribution in [3.63, 3.8) is 0 Å². The van der Waals surface area contributed by atoms with Gasteiger partial charge in [-0.2, -0.15) is 0 Å². The van der Waals surface area contributed by atoms with Gasteiger partial charge in [0.15, 0.2) is 0 Å². The number of amides is 2. The van der Waals surface area contributed by atoms with Crippen molar-refractivity contribution in [2.45, 2.75) is 134 Å². The molecule has 316 valence electrons. The predicted molar refractivity (Wildman–Crippen MR) is 238 cm³/mol. The fourth-order valence-electron chi connectivity index (χ4n) is 10.5. The molecule has 4 aliphatic rings. The largest absolute Gasteiger partial charge is 0.453 e. The van der Waals surface area contributed by atoms with Gasteiger partial charge in [-0.3, -0.25) is 9.78 Å². The van der Waals surface area contributed by atoms with E-state index < -0.39 is 20.2 Å². The van der Waals surface area contributed by atoms with Crippen LogP contribution in [0.3, 0.4) is 0 Å². The van der Waals surface area contributed by atoms with Gasteiger partial charge in [-0.15, -0.1) is 0 Å². The maximum atomic E-state index is 13.7. The maximum Gasteiger partial charge on any atom is 0.407 e. The molecule has 2 unspecified atom stereocenters. The van der Waals surface area contributed by atoms with Crippen LogP contribution in [0.15, 0.2) is 54.9 Å². The van der Waals surface area contributed by atoms with Crippen molar-refractivity contribution in [3.8, 4) is 33.6 Å². The first-order chi connectivity index (χ1) is 29.0. The lowest BCUT2D eigenvalue weighted by Crippen LogP contribution is -2.51. The van der Waals surface area contributed by atoms with E-state index in [1.165, 1.54) is 91.2 Å². The second kappa shape index (κ2) is 16.6. The molecule has 9 rings (SSSR count). The topological polar surface area (TPSA) is 127 Å². The Morgan fingerprint density at radius 3 is 2.35 bits per heavy atom. The van der Waals surface area contributed by atoms with Crippen LogP contribution in [0.4, 0.5) is 4.79 Å². The highest BCUT2D eigenvalue weighted by Crippen LogP contribution is 2.58. The third kappa shape index (κ3) is 7.81. The van der Waals surface area contributed by atoms with Gasteiger partial charge in [0.05, 0.1) is 41.8 Å². The van der Waals surface area contributed by atoms with Crippen LogP contribution in [0.5, 0.6) is 0 Å². The van der Waals surface area contributed by atoms with E-state index >= 15 is 0 Å². The smallest absolute Gasteiger partial charge is 0.407 e. The number of aromatic nitrogens is 5. The van der Waals surface area contributed by atoms with Crippen molar-refractivity contribution in [3.05, 3.63) is 77.6 Å². The van der Waals surface area contributed by atoms with Crippen LogP contribution in [-0.2, 0) is 21.0 Å². The molecule has 4 heterocycles. The van der Waals surface area contributed by atoms with Gasteiger partial charge in [-0.05, 0) is 115 Å². The number of fused-ring (bicyclic) bond motifs is 6. The van der Waals surface area contributed by atoms with Gasteiger partial charge in [0.1, 0.15) is 24.4 Å². The molecule has 0 spiro atoms. The predicted octanol–water partition coefficient (Wildman–Crippen LogP) is 10.5. The van der Waals surface area contributed by atoms with Gasteiger partial charge >= 0.3 is 6.09 Å². The monoisotopic (exact) mass is 827 g/mol. The van der Waals surface area contributed by atoms with E-state index in [-0.39, 0.29) is 17.9 Å². The molecule has 0 radical (unpaired) electrons. The summed E-state index contributed by atoms with van der Waals surface area (Å²) in [4.78, 5) is 46.1. The van der Waals surface area contributed by atoms with E-state index in [0.717, 1.165) is 53.8 Å². The van der Waals surface area contributed by atoms with Crippen LogP contribution in [0.2, 0.25) is 25.7 Å². The quantitative estimate of drug-likeness (QED) is 0.0894. The van der Waals surface area contributed by atoms with Gasteiger partial charge in [0, 0.05) is 44.5 Å². The summed E-state index contributed by atoms with van der Waals surface area (Å²) >= 11 is 0. The van der Waals surface area contributed by atoms with Crippen LogP contribution in [0.1, 0.15) is 118 Å². The van der Waals surface area contributed by atoms with E-state index in [2.05, 4.69) is 77.0 Å². The zero-order valence-electron chi connectivity index (χ0n) is 36.2. The normalized spacial score (nSPS) is 20.7. The number of H-pyrrole nitrogens is 1. The zero-order chi connectivity index (χ0) is 41.7. The van der Waals surface area contributed by atoms with E-state index in [9.17, 15) is 9.59 Å². The van der Waals surface area contributed by atoms with Crippen LogP contribution in [0.25, 0.3) is 44.7 Å². The highest BCUT2D eigenvalue weighted by molar-refractivity contribution is 6.76. The number of benzene rings is 2. The molecule has 2 N–H and O–H groups in total. The lowest BCUT2D eigenvalue weighted by Gasteiger charge is -2.30. The van der Waals surface area contributed by atoms with Crippen LogP contribution in [0, 0.1) is 5.92 Å². The Bertz CT molecular complexity index is 2370. The molecule has 1 saturated heterocycles. The summed E-state index contributed by atoms with van der Waals surface area (Å²) in [6.07, 6.45) is 13.5. The highest BCUT2D eigenvalue weighted by Gasteiger charge is 2.41. The van der Waals surface area contributed by atoms with E-state index in [1.54, 1.807) is 0 Å². The number of likely N-dealkylation sites (tertiary alicyclic amines) is 1. The lowest BCUT2D eigenvalue weighted by atomic mass is 9.82. The van der Waals surface area contributed by atoms with Gasteiger partial charge in [-0.25, -0.2) is 14.8 Å². The number of rotatable bonds is 13. The molecule has 4 atom stereocenters. The molecule has 11 nitrogen and oxygen atoms in total. The molecule has 2 aromatic carbocycles. The summed E-state index contributed by atoms with van der Waals surface area (Å²) in [5, 5.41) is 2.73. The van der Waals surface area contributed by atoms with Crippen LogP contribution >= 0.6 is 0 Å². The van der Waals surface area contributed by atoms with Crippen molar-refractivity contribution < 1.29 is 19.1 Å². The van der Waals surface area contributed by atoms with E-state index in [4.69, 9.17) is 24.4 Å². The van der Waals surface area contributed by atoms with E-state index in [0.29, 0.717) is 31.0 Å². The molecule has 3 fully saturated rings.